The fraction of sp³-hybridized carbons (Fsp3) is 0.273. The Balaban J connectivity index is 0.00000320. The van der Waals surface area contributed by atoms with Crippen LogP contribution in [0.3, 0.4) is 0 Å². The average molecular weight is 448 g/mol. The molecule has 3 aromatic carbocycles. The quantitative estimate of drug-likeness (QED) is 0.592. The summed E-state index contributed by atoms with van der Waals surface area (Å²) >= 11 is 0. The van der Waals surface area contributed by atoms with Gasteiger partial charge < -0.3 is 17.7 Å². The second-order valence-electron chi connectivity index (χ2n) is 7.32. The van der Waals surface area contributed by atoms with Gasteiger partial charge in [0.15, 0.2) is 0 Å². The summed E-state index contributed by atoms with van der Waals surface area (Å²) in [7, 11) is 0. The van der Waals surface area contributed by atoms with Gasteiger partial charge in [-0.1, -0.05) is 42.5 Å². The molecular formula is C22H20ClF6N. The first-order valence-corrected chi connectivity index (χ1v) is 9.09. The number of halogens is 7. The Morgan fingerprint density at radius 3 is 1.80 bits per heavy atom. The minimum absolute atomic E-state index is 0. The number of quaternary nitrogens is 1. The van der Waals surface area contributed by atoms with Crippen LogP contribution in [0.4, 0.5) is 26.3 Å². The second-order valence-corrected chi connectivity index (χ2v) is 7.32. The predicted octanol–water partition coefficient (Wildman–Crippen LogP) is 2.94. The summed E-state index contributed by atoms with van der Waals surface area (Å²) in [5.74, 6) is 0. The monoisotopic (exact) mass is 447 g/mol. The predicted molar refractivity (Wildman–Crippen MR) is 99.3 cm³/mol. The molecule has 1 atom stereocenters. The van der Waals surface area contributed by atoms with Crippen molar-refractivity contribution in [1.82, 2.24) is 0 Å². The lowest BCUT2D eigenvalue weighted by Gasteiger charge is -2.23. The molecule has 0 spiro atoms. The molecule has 0 bridgehead atoms. The minimum atomic E-state index is -4.88. The Kier molecular flexibility index (Phi) is 7.09. The Morgan fingerprint density at radius 1 is 0.733 bits per heavy atom. The van der Waals surface area contributed by atoms with Gasteiger partial charge in [0.1, 0.15) is 6.04 Å². The fourth-order valence-corrected chi connectivity index (χ4v) is 3.46. The summed E-state index contributed by atoms with van der Waals surface area (Å²) < 4.78 is 80.0. The number of nitrogens with two attached hydrogens (primary N) is 1. The molecule has 0 heterocycles. The molecule has 0 radical (unpaired) electrons. The van der Waals surface area contributed by atoms with E-state index in [-0.39, 0.29) is 30.1 Å². The largest absolute Gasteiger partial charge is 1.00 e. The van der Waals surface area contributed by atoms with Gasteiger partial charge in [-0.05, 0) is 42.8 Å². The Bertz CT molecular complexity index is 973. The molecule has 1 nitrogen and oxygen atoms in total. The maximum absolute atomic E-state index is 13.3. The fourth-order valence-electron chi connectivity index (χ4n) is 3.46. The molecule has 2 N–H and O–H groups in total. The van der Waals surface area contributed by atoms with Crippen molar-refractivity contribution in [2.24, 2.45) is 0 Å². The van der Waals surface area contributed by atoms with Crippen molar-refractivity contribution in [3.8, 4) is 0 Å². The molecule has 0 aromatic heterocycles. The summed E-state index contributed by atoms with van der Waals surface area (Å²) in [6.07, 6.45) is -9.76. The van der Waals surface area contributed by atoms with Crippen LogP contribution in [0.5, 0.6) is 0 Å². The van der Waals surface area contributed by atoms with Crippen LogP contribution in [0.15, 0.2) is 60.7 Å². The lowest BCUT2D eigenvalue weighted by molar-refractivity contribution is -0.713. The van der Waals surface area contributed by atoms with Crippen LogP contribution >= 0.6 is 0 Å². The van der Waals surface area contributed by atoms with Crippen LogP contribution in [-0.2, 0) is 12.4 Å². The summed E-state index contributed by atoms with van der Waals surface area (Å²) in [5.41, 5.74) is -1.96. The van der Waals surface area contributed by atoms with Gasteiger partial charge in [-0.2, -0.15) is 26.3 Å². The maximum Gasteiger partial charge on any atom is 0.416 e. The number of fused-ring (bicyclic) bond motifs is 1. The van der Waals surface area contributed by atoms with Crippen LogP contribution in [-0.4, -0.2) is 6.04 Å². The number of rotatable bonds is 4. The topological polar surface area (TPSA) is 16.6 Å². The van der Waals surface area contributed by atoms with E-state index in [1.165, 1.54) is 0 Å². The first-order chi connectivity index (χ1) is 13.5. The normalized spacial score (nSPS) is 13.4. The smallest absolute Gasteiger partial charge is 0.416 e. The zero-order valence-corrected chi connectivity index (χ0v) is 16.9. The van der Waals surface area contributed by atoms with Gasteiger partial charge >= 0.3 is 12.4 Å². The highest BCUT2D eigenvalue weighted by Gasteiger charge is 2.38. The highest BCUT2D eigenvalue weighted by atomic mass is 35.5. The number of alkyl halides is 6. The van der Waals surface area contributed by atoms with Crippen LogP contribution in [0.2, 0.25) is 0 Å². The average Bonchev–Trinajstić information content (AvgIpc) is 2.64. The van der Waals surface area contributed by atoms with E-state index in [0.717, 1.165) is 22.9 Å². The molecule has 0 unspecified atom stereocenters. The molecule has 0 aliphatic carbocycles. The standard InChI is InChI=1S/C22H19F6N.ClH/c1-13(2)29-20(19-9-5-7-14-6-3-4-8-18(14)19)15-10-16(21(23,24)25)12-17(11-15)22(26,27)28;/h3-13,20,29H,1-2H3;1H/t20-;/m0./s1. The molecule has 8 heteroatoms. The van der Waals surface area contributed by atoms with E-state index >= 15 is 0 Å². The van der Waals surface area contributed by atoms with Gasteiger partial charge in [-0.3, -0.25) is 0 Å². The zero-order valence-electron chi connectivity index (χ0n) is 16.2. The Labute approximate surface area is 176 Å². The van der Waals surface area contributed by atoms with Gasteiger partial charge in [0, 0.05) is 11.1 Å². The van der Waals surface area contributed by atoms with E-state index in [0.29, 0.717) is 5.56 Å². The molecule has 0 fully saturated rings. The van der Waals surface area contributed by atoms with E-state index in [9.17, 15) is 26.3 Å². The van der Waals surface area contributed by atoms with Gasteiger partial charge in [-0.25, -0.2) is 0 Å². The third-order valence-electron chi connectivity index (χ3n) is 4.70. The van der Waals surface area contributed by atoms with Crippen LogP contribution in [0.25, 0.3) is 10.8 Å². The number of benzene rings is 3. The molecule has 30 heavy (non-hydrogen) atoms. The molecule has 0 aliphatic rings. The highest BCUT2D eigenvalue weighted by molar-refractivity contribution is 5.86. The highest BCUT2D eigenvalue weighted by Crippen LogP contribution is 2.38. The van der Waals surface area contributed by atoms with Crippen molar-refractivity contribution in [2.45, 2.75) is 38.3 Å². The second kappa shape index (κ2) is 8.86. The minimum Gasteiger partial charge on any atom is -1.00 e. The lowest BCUT2D eigenvalue weighted by Crippen LogP contribution is -3.00. The van der Waals surface area contributed by atoms with E-state index in [1.54, 1.807) is 23.5 Å². The Hall–Kier alpha value is -2.25. The van der Waals surface area contributed by atoms with Gasteiger partial charge in [-0.15, -0.1) is 0 Å². The lowest BCUT2D eigenvalue weighted by atomic mass is 9.91. The zero-order chi connectivity index (χ0) is 21.4. The van der Waals surface area contributed by atoms with E-state index < -0.39 is 29.5 Å². The third-order valence-corrected chi connectivity index (χ3v) is 4.70. The summed E-state index contributed by atoms with van der Waals surface area (Å²) in [4.78, 5) is 0. The SMILES string of the molecule is CC(C)[NH2+][C@@H](c1cc(C(F)(F)F)cc(C(F)(F)F)c1)c1cccc2ccccc12.[Cl-]. The number of hydrogen-bond donors (Lipinski definition) is 1. The molecular weight excluding hydrogens is 428 g/mol. The van der Waals surface area contributed by atoms with Gasteiger partial charge in [0.2, 0.25) is 0 Å². The van der Waals surface area contributed by atoms with Crippen LogP contribution < -0.4 is 17.7 Å². The molecule has 0 saturated carbocycles. The van der Waals surface area contributed by atoms with Crippen molar-refractivity contribution in [2.75, 3.05) is 0 Å². The summed E-state index contributed by atoms with van der Waals surface area (Å²) in [6, 6.07) is 13.7. The first kappa shape index (κ1) is 24.0. The van der Waals surface area contributed by atoms with Crippen molar-refractivity contribution in [3.63, 3.8) is 0 Å². The molecule has 3 aromatic rings. The van der Waals surface area contributed by atoms with E-state index in [2.05, 4.69) is 0 Å². The molecule has 3 rings (SSSR count). The molecule has 0 saturated heterocycles. The van der Waals surface area contributed by atoms with Crippen molar-refractivity contribution in [1.29, 1.82) is 0 Å². The number of hydrogen-bond acceptors (Lipinski definition) is 0. The molecule has 162 valence electrons. The third kappa shape index (κ3) is 5.26. The summed E-state index contributed by atoms with van der Waals surface area (Å²) in [5, 5.41) is 3.44. The van der Waals surface area contributed by atoms with Crippen molar-refractivity contribution >= 4 is 10.8 Å². The molecule has 0 amide bonds. The van der Waals surface area contributed by atoms with Crippen molar-refractivity contribution < 1.29 is 44.1 Å². The van der Waals surface area contributed by atoms with Crippen molar-refractivity contribution in [3.05, 3.63) is 82.9 Å². The van der Waals surface area contributed by atoms with Gasteiger partial charge in [0.05, 0.1) is 17.2 Å². The van der Waals surface area contributed by atoms with Crippen LogP contribution in [0.1, 0.15) is 42.1 Å². The first-order valence-electron chi connectivity index (χ1n) is 9.09. The van der Waals surface area contributed by atoms with E-state index in [1.807, 2.05) is 38.1 Å². The summed E-state index contributed by atoms with van der Waals surface area (Å²) in [6.45, 7) is 3.69. The molecule has 0 aliphatic heterocycles. The van der Waals surface area contributed by atoms with E-state index in [4.69, 9.17) is 0 Å². The van der Waals surface area contributed by atoms with Gasteiger partial charge in [0.25, 0.3) is 0 Å². The maximum atomic E-state index is 13.3. The Morgan fingerprint density at radius 2 is 1.27 bits per heavy atom. The van der Waals surface area contributed by atoms with Crippen LogP contribution in [0, 0.1) is 0 Å².